The fourth-order valence-corrected chi connectivity index (χ4v) is 5.72. The molecule has 1 amide bonds. The number of methoxy groups -OCH3 is 1. The van der Waals surface area contributed by atoms with Crippen LogP contribution in [0.3, 0.4) is 0 Å². The van der Waals surface area contributed by atoms with E-state index >= 15 is 0 Å². The molecule has 168 valence electrons. The van der Waals surface area contributed by atoms with Gasteiger partial charge >= 0.3 is 0 Å². The lowest BCUT2D eigenvalue weighted by atomic mass is 9.98. The number of nitrogens with zero attached hydrogens (tertiary/aromatic N) is 1. The van der Waals surface area contributed by atoms with Crippen LogP contribution in [0.2, 0.25) is 0 Å². The Balaban J connectivity index is 1.63. The molecule has 0 aromatic heterocycles. The maximum Gasteiger partial charge on any atom is 0.246 e. The van der Waals surface area contributed by atoms with Gasteiger partial charge in [0.05, 0.1) is 13.0 Å². The number of aryl methyl sites for hydroxylation is 2. The van der Waals surface area contributed by atoms with E-state index in [1.165, 1.54) is 17.0 Å². The molecule has 31 heavy (non-hydrogen) atoms. The van der Waals surface area contributed by atoms with Gasteiger partial charge in [0, 0.05) is 19.1 Å². The summed E-state index contributed by atoms with van der Waals surface area (Å²) in [6.07, 6.45) is 3.07. The van der Waals surface area contributed by atoms with Crippen LogP contribution in [0.25, 0.3) is 0 Å². The Labute approximate surface area is 185 Å². The van der Waals surface area contributed by atoms with Gasteiger partial charge in [0.25, 0.3) is 0 Å². The van der Waals surface area contributed by atoms with Crippen molar-refractivity contribution in [3.05, 3.63) is 59.7 Å². The van der Waals surface area contributed by atoms with Gasteiger partial charge in [-0.2, -0.15) is 4.31 Å². The van der Waals surface area contributed by atoms with Gasteiger partial charge < -0.3 is 10.1 Å². The van der Waals surface area contributed by atoms with Crippen LogP contribution in [0.15, 0.2) is 53.4 Å². The van der Waals surface area contributed by atoms with Gasteiger partial charge in [-0.1, -0.05) is 36.4 Å². The zero-order valence-corrected chi connectivity index (χ0v) is 19.3. The molecule has 6 nitrogen and oxygen atoms in total. The molecule has 0 aliphatic carbocycles. The number of rotatable bonds is 8. The van der Waals surface area contributed by atoms with Crippen molar-refractivity contribution in [2.75, 3.05) is 20.2 Å². The van der Waals surface area contributed by atoms with E-state index in [2.05, 4.69) is 17.4 Å². The SMILES string of the molecule is COc1ccc(C)cc1S(=O)(=O)N1CCC[C@H](C(=O)N[C@@H](C)CCc2ccccc2)C1. The normalized spacial score (nSPS) is 18.4. The Bertz CT molecular complexity index is 992. The molecule has 0 radical (unpaired) electrons. The first-order valence-corrected chi connectivity index (χ1v) is 12.2. The van der Waals surface area contributed by atoms with E-state index in [0.717, 1.165) is 18.4 Å². The lowest BCUT2D eigenvalue weighted by Crippen LogP contribution is -2.47. The summed E-state index contributed by atoms with van der Waals surface area (Å²) in [5.74, 6) is -0.0955. The second-order valence-corrected chi connectivity index (χ2v) is 10.2. The van der Waals surface area contributed by atoms with Gasteiger partial charge in [0.15, 0.2) is 0 Å². The Morgan fingerprint density at radius 1 is 1.23 bits per heavy atom. The molecule has 0 spiro atoms. The number of carbonyl (C=O) groups excluding carboxylic acids is 1. The fraction of sp³-hybridized carbons (Fsp3) is 0.458. The van der Waals surface area contributed by atoms with E-state index in [1.54, 1.807) is 12.1 Å². The quantitative estimate of drug-likeness (QED) is 0.676. The molecule has 1 fully saturated rings. The first kappa shape index (κ1) is 23.3. The summed E-state index contributed by atoms with van der Waals surface area (Å²) < 4.78 is 33.3. The second-order valence-electron chi connectivity index (χ2n) is 8.29. The molecule has 3 rings (SSSR count). The van der Waals surface area contributed by atoms with Crippen LogP contribution in [0.1, 0.15) is 37.3 Å². The van der Waals surface area contributed by atoms with E-state index in [9.17, 15) is 13.2 Å². The van der Waals surface area contributed by atoms with E-state index in [0.29, 0.717) is 25.1 Å². The Kier molecular flexibility index (Phi) is 7.73. The van der Waals surface area contributed by atoms with Gasteiger partial charge in [0.1, 0.15) is 10.6 Å². The smallest absolute Gasteiger partial charge is 0.246 e. The monoisotopic (exact) mass is 444 g/mol. The summed E-state index contributed by atoms with van der Waals surface area (Å²) in [6.45, 7) is 4.45. The number of hydrogen-bond acceptors (Lipinski definition) is 4. The Morgan fingerprint density at radius 3 is 2.68 bits per heavy atom. The van der Waals surface area contributed by atoms with E-state index in [4.69, 9.17) is 4.74 Å². The standard InChI is InChI=1S/C24H32N2O4S/c1-18-11-14-22(30-3)23(16-18)31(28,29)26-15-7-10-21(17-26)24(27)25-19(2)12-13-20-8-5-4-6-9-20/h4-6,8-9,11,14,16,19,21H,7,10,12-13,15,17H2,1-3H3,(H,25,27)/t19-,21-/m0/s1. The fourth-order valence-electron chi connectivity index (χ4n) is 3.96. The maximum atomic E-state index is 13.3. The van der Waals surface area contributed by atoms with Crippen molar-refractivity contribution in [2.45, 2.75) is 50.5 Å². The highest BCUT2D eigenvalue weighted by atomic mass is 32.2. The Morgan fingerprint density at radius 2 is 1.97 bits per heavy atom. The zero-order valence-electron chi connectivity index (χ0n) is 18.5. The molecular weight excluding hydrogens is 412 g/mol. The number of amides is 1. The molecule has 2 aromatic carbocycles. The van der Waals surface area contributed by atoms with Gasteiger partial charge in [-0.05, 0) is 62.8 Å². The van der Waals surface area contributed by atoms with Crippen LogP contribution in [-0.2, 0) is 21.2 Å². The highest BCUT2D eigenvalue weighted by Crippen LogP contribution is 2.30. The summed E-state index contributed by atoms with van der Waals surface area (Å²) in [6, 6.07) is 15.3. The first-order valence-electron chi connectivity index (χ1n) is 10.8. The number of ether oxygens (including phenoxy) is 1. The molecule has 0 saturated carbocycles. The van der Waals surface area contributed by atoms with Crippen LogP contribution in [0, 0.1) is 12.8 Å². The van der Waals surface area contributed by atoms with E-state index in [-0.39, 0.29) is 29.3 Å². The first-order chi connectivity index (χ1) is 14.8. The average Bonchev–Trinajstić information content (AvgIpc) is 2.78. The number of benzene rings is 2. The van der Waals surface area contributed by atoms with Crippen LogP contribution >= 0.6 is 0 Å². The molecule has 1 saturated heterocycles. The van der Waals surface area contributed by atoms with Crippen LogP contribution in [0.4, 0.5) is 0 Å². The highest BCUT2D eigenvalue weighted by molar-refractivity contribution is 7.89. The summed E-state index contributed by atoms with van der Waals surface area (Å²) in [4.78, 5) is 13.0. The molecule has 1 aliphatic heterocycles. The van der Waals surface area contributed by atoms with Crippen LogP contribution < -0.4 is 10.1 Å². The lowest BCUT2D eigenvalue weighted by Gasteiger charge is -2.32. The number of piperidine rings is 1. The predicted octanol–water partition coefficient (Wildman–Crippen LogP) is 3.54. The third kappa shape index (κ3) is 5.86. The third-order valence-corrected chi connectivity index (χ3v) is 7.68. The van der Waals surface area contributed by atoms with Crippen molar-refractivity contribution in [1.82, 2.24) is 9.62 Å². The topological polar surface area (TPSA) is 75.7 Å². The molecule has 1 N–H and O–H groups in total. The van der Waals surface area contributed by atoms with E-state index in [1.807, 2.05) is 38.1 Å². The number of nitrogens with one attached hydrogen (secondary N) is 1. The lowest BCUT2D eigenvalue weighted by molar-refractivity contribution is -0.126. The van der Waals surface area contributed by atoms with Crippen LogP contribution in [0.5, 0.6) is 5.75 Å². The minimum atomic E-state index is -3.74. The Hall–Kier alpha value is -2.38. The molecule has 0 bridgehead atoms. The van der Waals surface area contributed by atoms with Crippen molar-refractivity contribution in [1.29, 1.82) is 0 Å². The minimum Gasteiger partial charge on any atom is -0.495 e. The maximum absolute atomic E-state index is 13.3. The number of hydrogen-bond donors (Lipinski definition) is 1. The molecule has 2 aromatic rings. The van der Waals surface area contributed by atoms with E-state index < -0.39 is 10.0 Å². The van der Waals surface area contributed by atoms with Crippen molar-refractivity contribution in [2.24, 2.45) is 5.92 Å². The van der Waals surface area contributed by atoms with Crippen molar-refractivity contribution in [3.8, 4) is 5.75 Å². The molecule has 7 heteroatoms. The summed E-state index contributed by atoms with van der Waals surface area (Å²) >= 11 is 0. The summed E-state index contributed by atoms with van der Waals surface area (Å²) in [7, 11) is -2.27. The molecule has 2 atom stereocenters. The summed E-state index contributed by atoms with van der Waals surface area (Å²) in [5, 5.41) is 3.08. The highest BCUT2D eigenvalue weighted by Gasteiger charge is 2.35. The van der Waals surface area contributed by atoms with Crippen LogP contribution in [-0.4, -0.2) is 44.9 Å². The molecule has 0 unspecified atom stereocenters. The van der Waals surface area contributed by atoms with Crippen molar-refractivity contribution >= 4 is 15.9 Å². The number of carbonyl (C=O) groups is 1. The van der Waals surface area contributed by atoms with Crippen molar-refractivity contribution in [3.63, 3.8) is 0 Å². The predicted molar refractivity (Wildman–Crippen MR) is 122 cm³/mol. The summed E-state index contributed by atoms with van der Waals surface area (Å²) in [5.41, 5.74) is 2.09. The van der Waals surface area contributed by atoms with Gasteiger partial charge in [-0.25, -0.2) is 8.42 Å². The molecule has 1 heterocycles. The molecular formula is C24H32N2O4S. The largest absolute Gasteiger partial charge is 0.495 e. The minimum absolute atomic E-state index is 0.0246. The average molecular weight is 445 g/mol. The van der Waals surface area contributed by atoms with Crippen molar-refractivity contribution < 1.29 is 17.9 Å². The van der Waals surface area contributed by atoms with Gasteiger partial charge in [-0.15, -0.1) is 0 Å². The van der Waals surface area contributed by atoms with Gasteiger partial charge in [-0.3, -0.25) is 4.79 Å². The molecule has 1 aliphatic rings. The number of sulfonamides is 1. The van der Waals surface area contributed by atoms with Gasteiger partial charge in [0.2, 0.25) is 15.9 Å². The second kappa shape index (κ2) is 10.3. The zero-order chi connectivity index (χ0) is 22.4. The third-order valence-electron chi connectivity index (χ3n) is 5.79.